The quantitative estimate of drug-likeness (QED) is 0.0274. The first kappa shape index (κ1) is 55.4. The molecule has 0 aromatic heterocycles. The number of carboxylic acids is 1. The van der Waals surface area contributed by atoms with E-state index in [4.69, 9.17) is 11.5 Å². The Hall–Kier alpha value is -5.91. The van der Waals surface area contributed by atoms with Gasteiger partial charge in [-0.25, -0.2) is 0 Å². The maximum Gasteiger partial charge on any atom is 0.338 e. The summed E-state index contributed by atoms with van der Waals surface area (Å²) in [7, 11) is 0. The number of aliphatic carboxylic acids is 1. The van der Waals surface area contributed by atoms with Crippen LogP contribution in [0.1, 0.15) is 106 Å². The van der Waals surface area contributed by atoms with Crippen LogP contribution in [0.4, 0.5) is 0 Å². The number of likely N-dealkylation sites (tertiary alicyclic amines) is 3. The molecule has 0 aromatic rings. The fourth-order valence-corrected chi connectivity index (χ4v) is 8.33. The Labute approximate surface area is 390 Å². The summed E-state index contributed by atoms with van der Waals surface area (Å²) in [6.45, 7) is 11.4. The van der Waals surface area contributed by atoms with Crippen LogP contribution < -0.4 is 53.5 Å². The number of Topliss-reactive ketones (excluding diaryl/α,β-unsaturated/α-hetero) is 1. The third-order valence-corrected chi connectivity index (χ3v) is 11.6. The number of nitrogens with two attached hydrogens (primary N) is 2. The van der Waals surface area contributed by atoms with Gasteiger partial charge in [0.15, 0.2) is 5.78 Å². The number of carboxylic acid groups (broad SMARTS) is 1. The van der Waals surface area contributed by atoms with E-state index in [1.54, 1.807) is 27.7 Å². The molecule has 3 heterocycles. The Bertz CT molecular complexity index is 1880. The molecular formula is C43H72N12O12. The van der Waals surface area contributed by atoms with Crippen LogP contribution in [-0.4, -0.2) is 178 Å². The number of rotatable bonds is 22. The highest BCUT2D eigenvalue weighted by Crippen LogP contribution is 2.27. The number of nitrogens with zero attached hydrogens (tertiary/aromatic N) is 3. The van der Waals surface area contributed by atoms with Crippen LogP contribution >= 0.6 is 0 Å². The molecule has 12 N–H and O–H groups in total. The normalized spacial score (nSPS) is 20.8. The summed E-state index contributed by atoms with van der Waals surface area (Å²) in [5, 5.41) is 37.7. The molecule has 376 valence electrons. The van der Waals surface area contributed by atoms with Crippen molar-refractivity contribution in [1.82, 2.24) is 46.6 Å². The molecule has 7 atom stereocenters. The van der Waals surface area contributed by atoms with Gasteiger partial charge in [0.25, 0.3) is 0 Å². The average molecular weight is 949 g/mol. The predicted octanol–water partition coefficient (Wildman–Crippen LogP) is -6.70. The van der Waals surface area contributed by atoms with E-state index in [9.17, 15) is 58.2 Å². The summed E-state index contributed by atoms with van der Waals surface area (Å²) in [5.41, 5.74) is 9.91. The molecule has 3 rings (SSSR count). The average Bonchev–Trinajstić information content (AvgIpc) is 4.02. The van der Waals surface area contributed by atoms with Gasteiger partial charge >= 0.3 is 5.96 Å². The molecule has 67 heavy (non-hydrogen) atoms. The molecule has 0 bridgehead atoms. The molecule has 3 aliphatic heterocycles. The van der Waals surface area contributed by atoms with Crippen LogP contribution in [-0.2, 0) is 47.9 Å². The maximum absolute atomic E-state index is 13.9. The molecule has 24 heteroatoms. The zero-order valence-corrected chi connectivity index (χ0v) is 39.8. The summed E-state index contributed by atoms with van der Waals surface area (Å²) in [5.74, 6) is -7.26. The van der Waals surface area contributed by atoms with Crippen molar-refractivity contribution in [1.29, 1.82) is 0 Å². The minimum Gasteiger partial charge on any atom is -0.550 e. The smallest absolute Gasteiger partial charge is 0.338 e. The van der Waals surface area contributed by atoms with Crippen LogP contribution in [0.5, 0.6) is 0 Å². The van der Waals surface area contributed by atoms with Gasteiger partial charge in [0.05, 0.1) is 44.4 Å². The molecule has 0 radical (unpaired) electrons. The van der Waals surface area contributed by atoms with E-state index in [-0.39, 0.29) is 69.1 Å². The first-order valence-electron chi connectivity index (χ1n) is 22.8. The first-order chi connectivity index (χ1) is 31.2. The standard InChI is InChI=1S/C43H72N12O12/c1-24(52-43(5,6)7)36(63)48-21-33(59)54-18-10-13-29(54)39(66)51-26(11-8-16-46-41(44)45)37(64)47-20-31(57)50-27(14-15-34(60)61)40(67)55-23-25(56)19-30(55)38(65)49-22-32(58)53-17-9-12-28(53)35(62)42(2,3)4/h24-30,52,56H,8-23H2,1-7H3,(H,47,64)(H,48,63)(H,49,65)(H,50,57)(H,51,66)(H,60,61)(H4,44,45,46). The number of β-amino-alcohol motifs (C(OH)–C–C–N with tert-alkyl or cyclic N) is 1. The van der Waals surface area contributed by atoms with Crippen LogP contribution in [0.15, 0.2) is 0 Å². The highest BCUT2D eigenvalue weighted by atomic mass is 16.4. The van der Waals surface area contributed by atoms with Crippen molar-refractivity contribution in [3.8, 4) is 0 Å². The van der Waals surface area contributed by atoms with Gasteiger partial charge in [-0.3, -0.25) is 59.6 Å². The molecule has 7 unspecified atom stereocenters. The van der Waals surface area contributed by atoms with E-state index in [2.05, 4.69) is 36.9 Å². The summed E-state index contributed by atoms with van der Waals surface area (Å²) in [6.07, 6.45) is -0.475. The molecule has 0 saturated carbocycles. The molecule has 3 saturated heterocycles. The van der Waals surface area contributed by atoms with Crippen molar-refractivity contribution in [2.75, 3.05) is 45.8 Å². The number of aliphatic hydroxyl groups excluding tert-OH is 1. The number of guanidine groups is 1. The second-order valence-electron chi connectivity index (χ2n) is 19.4. The Morgan fingerprint density at radius 2 is 1.31 bits per heavy atom. The molecule has 0 spiro atoms. The number of ketones is 1. The van der Waals surface area contributed by atoms with Crippen molar-refractivity contribution in [2.45, 2.75) is 154 Å². The monoisotopic (exact) mass is 949 g/mol. The van der Waals surface area contributed by atoms with E-state index >= 15 is 0 Å². The van der Waals surface area contributed by atoms with Crippen molar-refractivity contribution in [2.24, 2.45) is 16.9 Å². The van der Waals surface area contributed by atoms with Crippen LogP contribution in [0, 0.1) is 5.41 Å². The highest BCUT2D eigenvalue weighted by molar-refractivity contribution is 5.98. The Balaban J connectivity index is 1.66. The van der Waals surface area contributed by atoms with Gasteiger partial charge in [-0.05, 0) is 79.1 Å². The minimum absolute atomic E-state index is 0.0155. The first-order valence-corrected chi connectivity index (χ1v) is 22.8. The lowest BCUT2D eigenvalue weighted by Crippen LogP contribution is -2.78. The van der Waals surface area contributed by atoms with Crippen LogP contribution in [0.2, 0.25) is 0 Å². The number of hydrogen-bond acceptors (Lipinski definition) is 13. The fraction of sp³-hybridized carbons (Fsp3) is 0.744. The topological polar surface area (TPSA) is 362 Å². The number of hydrogen-bond donors (Lipinski definition) is 10. The molecule has 3 aliphatic rings. The largest absolute Gasteiger partial charge is 0.550 e. The van der Waals surface area contributed by atoms with Crippen LogP contribution in [0.3, 0.4) is 0 Å². The van der Waals surface area contributed by atoms with Gasteiger partial charge in [-0.2, -0.15) is 0 Å². The highest BCUT2D eigenvalue weighted by Gasteiger charge is 2.43. The van der Waals surface area contributed by atoms with Crippen molar-refractivity contribution < 1.29 is 63.2 Å². The molecule has 24 nitrogen and oxygen atoms in total. The van der Waals surface area contributed by atoms with Gasteiger partial charge in [0, 0.05) is 43.0 Å². The van der Waals surface area contributed by atoms with Gasteiger partial charge in [0.1, 0.15) is 24.2 Å². The second kappa shape index (κ2) is 24.7. The lowest BCUT2D eigenvalue weighted by atomic mass is 9.85. The lowest BCUT2D eigenvalue weighted by molar-refractivity contribution is -0.459. The summed E-state index contributed by atoms with van der Waals surface area (Å²) >= 11 is 0. The predicted molar refractivity (Wildman–Crippen MR) is 238 cm³/mol. The zero-order valence-electron chi connectivity index (χ0n) is 39.8. The number of aliphatic hydroxyl groups is 1. The summed E-state index contributed by atoms with van der Waals surface area (Å²) in [4.78, 5) is 138. The number of carbonyl (C=O) groups excluding carboxylic acids is 10. The van der Waals surface area contributed by atoms with Gasteiger partial charge in [-0.15, -0.1) is 0 Å². The molecule has 0 aliphatic carbocycles. The second-order valence-corrected chi connectivity index (χ2v) is 19.4. The molecular weight excluding hydrogens is 877 g/mol. The minimum atomic E-state index is -1.56. The van der Waals surface area contributed by atoms with Gasteiger partial charge in [0.2, 0.25) is 47.3 Å². The van der Waals surface area contributed by atoms with E-state index in [0.29, 0.717) is 25.8 Å². The number of amides is 8. The third kappa shape index (κ3) is 17.4. The van der Waals surface area contributed by atoms with Crippen molar-refractivity contribution >= 4 is 65.0 Å². The van der Waals surface area contributed by atoms with Crippen molar-refractivity contribution in [3.63, 3.8) is 0 Å². The molecule has 8 amide bonds. The zero-order chi connectivity index (χ0) is 50.4. The fourth-order valence-electron chi connectivity index (χ4n) is 8.33. The Morgan fingerprint density at radius 3 is 1.90 bits per heavy atom. The summed E-state index contributed by atoms with van der Waals surface area (Å²) in [6, 6.07) is -6.32. The van der Waals surface area contributed by atoms with E-state index in [0.717, 1.165) is 4.90 Å². The number of carbonyl (C=O) groups is 10. The Morgan fingerprint density at radius 1 is 0.731 bits per heavy atom. The van der Waals surface area contributed by atoms with E-state index in [1.807, 2.05) is 20.8 Å². The van der Waals surface area contributed by atoms with Crippen molar-refractivity contribution in [3.05, 3.63) is 0 Å². The Kier molecular flexibility index (Phi) is 20.5. The molecule has 0 aromatic carbocycles. The molecule has 3 fully saturated rings. The third-order valence-electron chi connectivity index (χ3n) is 11.6. The van der Waals surface area contributed by atoms with E-state index in [1.165, 1.54) is 9.80 Å². The SMILES string of the molecule is CC(NC(C)(C)C)C(=O)NCC(=O)N1CCCC1C(=O)NC(CCC[NH+]=C(N)N)C(=O)NCC(=O)NC(CCC(=O)[O-])C(=O)N1CC(O)CC1C(=O)NCC(=O)N1CCCC1C(=O)C(C)(C)C. The van der Waals surface area contributed by atoms with Gasteiger partial charge < -0.3 is 61.6 Å². The maximum atomic E-state index is 13.9. The summed E-state index contributed by atoms with van der Waals surface area (Å²) < 4.78 is 0. The lowest BCUT2D eigenvalue weighted by Gasteiger charge is -2.30. The van der Waals surface area contributed by atoms with Gasteiger partial charge in [-0.1, -0.05) is 20.8 Å². The van der Waals surface area contributed by atoms with E-state index < -0.39 is 127 Å². The number of nitrogens with one attached hydrogen (secondary N) is 7. The van der Waals surface area contributed by atoms with Crippen LogP contribution in [0.25, 0.3) is 0 Å².